The second kappa shape index (κ2) is 12.3. The number of carbonyl (C=O) groups is 5. The highest BCUT2D eigenvalue weighted by molar-refractivity contribution is 5.98. The first kappa shape index (κ1) is 34.9. The Balaban J connectivity index is 1.96. The van der Waals surface area contributed by atoms with Gasteiger partial charge >= 0.3 is 23.9 Å². The molecule has 248 valence electrons. The van der Waals surface area contributed by atoms with Crippen molar-refractivity contribution in [3.63, 3.8) is 0 Å². The van der Waals surface area contributed by atoms with Crippen LogP contribution in [0.3, 0.4) is 0 Å². The Bertz CT molecular complexity index is 1520. The fraction of sp³-hybridized carbons (Fsp3) is 0.541. The average molecular weight is 635 g/mol. The van der Waals surface area contributed by atoms with Crippen LogP contribution in [-0.4, -0.2) is 54.1 Å². The maximum absolute atomic E-state index is 13.8. The van der Waals surface area contributed by atoms with Gasteiger partial charge in [-0.15, -0.1) is 0 Å². The first-order chi connectivity index (χ1) is 21.3. The molecule has 2 bridgehead atoms. The molecule has 0 unspecified atom stereocenters. The fourth-order valence-electron chi connectivity index (χ4n) is 8.32. The Hall–Kier alpha value is -4.01. The predicted octanol–water partition coefficient (Wildman–Crippen LogP) is 6.10. The van der Waals surface area contributed by atoms with Crippen molar-refractivity contribution in [1.82, 2.24) is 0 Å². The zero-order chi connectivity index (χ0) is 34.4. The van der Waals surface area contributed by atoms with Gasteiger partial charge in [-0.05, 0) is 53.5 Å². The third-order valence-corrected chi connectivity index (χ3v) is 11.2. The lowest BCUT2D eigenvalue weighted by atomic mass is 9.39. The third-order valence-electron chi connectivity index (χ3n) is 11.2. The highest BCUT2D eigenvalue weighted by Crippen LogP contribution is 2.69. The minimum Gasteiger partial charge on any atom is -0.461 e. The molecule has 1 aromatic rings. The Kier molecular flexibility index (Phi) is 9.32. The summed E-state index contributed by atoms with van der Waals surface area (Å²) in [7, 11) is 0. The monoisotopic (exact) mass is 634 g/mol. The van der Waals surface area contributed by atoms with Crippen molar-refractivity contribution in [2.45, 2.75) is 106 Å². The molecular formula is C37H46O9. The maximum atomic E-state index is 13.8. The van der Waals surface area contributed by atoms with Crippen molar-refractivity contribution < 1.29 is 42.9 Å². The van der Waals surface area contributed by atoms with Gasteiger partial charge in [0.15, 0.2) is 11.9 Å². The van der Waals surface area contributed by atoms with E-state index in [0.29, 0.717) is 29.6 Å². The summed E-state index contributed by atoms with van der Waals surface area (Å²) in [6.45, 7) is 19.6. The van der Waals surface area contributed by atoms with Crippen LogP contribution in [0.25, 0.3) is 6.08 Å². The Morgan fingerprint density at radius 2 is 1.43 bits per heavy atom. The second-order valence-electron chi connectivity index (χ2n) is 14.1. The number of hydrogen-bond donors (Lipinski definition) is 0. The summed E-state index contributed by atoms with van der Waals surface area (Å²) in [6.07, 6.45) is -0.357. The quantitative estimate of drug-likeness (QED) is 0.158. The summed E-state index contributed by atoms with van der Waals surface area (Å²) in [5, 5.41) is 0. The van der Waals surface area contributed by atoms with Gasteiger partial charge < -0.3 is 18.9 Å². The van der Waals surface area contributed by atoms with Gasteiger partial charge in [0.05, 0.1) is 0 Å². The van der Waals surface area contributed by atoms with Crippen molar-refractivity contribution in [2.75, 3.05) is 0 Å². The minimum absolute atomic E-state index is 0.0293. The van der Waals surface area contributed by atoms with E-state index in [9.17, 15) is 24.0 Å². The van der Waals surface area contributed by atoms with Gasteiger partial charge in [0.25, 0.3) is 0 Å². The molecule has 0 heterocycles. The van der Waals surface area contributed by atoms with Crippen LogP contribution >= 0.6 is 0 Å². The summed E-state index contributed by atoms with van der Waals surface area (Å²) in [5.74, 6) is -2.56. The lowest BCUT2D eigenvalue weighted by Gasteiger charge is -2.67. The van der Waals surface area contributed by atoms with Crippen molar-refractivity contribution >= 4 is 35.7 Å². The molecule has 7 atom stereocenters. The molecule has 2 saturated carbocycles. The van der Waals surface area contributed by atoms with Crippen LogP contribution < -0.4 is 0 Å². The number of fused-ring (bicyclic) bond motifs is 3. The smallest absolute Gasteiger partial charge is 0.331 e. The molecule has 0 spiro atoms. The van der Waals surface area contributed by atoms with E-state index < -0.39 is 70.0 Å². The molecule has 46 heavy (non-hydrogen) atoms. The molecule has 0 radical (unpaired) electrons. The van der Waals surface area contributed by atoms with E-state index in [4.69, 9.17) is 18.9 Å². The number of hydrogen-bond acceptors (Lipinski definition) is 9. The number of ether oxygens (including phenoxy) is 4. The van der Waals surface area contributed by atoms with Gasteiger partial charge in [-0.25, -0.2) is 4.79 Å². The molecule has 0 saturated heterocycles. The normalized spacial score (nSPS) is 33.8. The lowest BCUT2D eigenvalue weighted by Crippen LogP contribution is -2.71. The van der Waals surface area contributed by atoms with Gasteiger partial charge in [0.1, 0.15) is 18.3 Å². The van der Waals surface area contributed by atoms with E-state index in [1.807, 2.05) is 65.0 Å². The molecular weight excluding hydrogens is 588 g/mol. The molecule has 4 rings (SSSR count). The van der Waals surface area contributed by atoms with Crippen LogP contribution in [0.2, 0.25) is 0 Å². The van der Waals surface area contributed by atoms with Gasteiger partial charge in [-0.1, -0.05) is 71.5 Å². The molecule has 1 aromatic carbocycles. The number of rotatable bonds is 6. The van der Waals surface area contributed by atoms with E-state index in [0.717, 1.165) is 5.56 Å². The maximum Gasteiger partial charge on any atom is 0.331 e. The predicted molar refractivity (Wildman–Crippen MR) is 171 cm³/mol. The van der Waals surface area contributed by atoms with Crippen LogP contribution in [0.4, 0.5) is 0 Å². The Labute approximate surface area is 271 Å². The summed E-state index contributed by atoms with van der Waals surface area (Å²) < 4.78 is 24.5. The molecule has 9 heteroatoms. The molecule has 0 aliphatic heterocycles. The average Bonchev–Trinajstić information content (AvgIpc) is 2.96. The third kappa shape index (κ3) is 5.62. The number of allylic oxidation sites excluding steroid dienone is 1. The second-order valence-corrected chi connectivity index (χ2v) is 14.1. The van der Waals surface area contributed by atoms with Gasteiger partial charge in [-0.2, -0.15) is 0 Å². The standard InChI is InChI=1S/C37H46O9/c1-21-27(41)20-36(9)33(45-25(5)40)37(10)22(2)28(46-29(42)17-16-26-14-12-11-13-15-26)18-19-35(37,8)32(44-24(4)39)31(43-23(3)38)30(21)34(36,6)7/h11-17,28,31-33H,2,18-20H2,1,3-10H3/b17-16+/t28-,31+,32-,33+,35-,36-,37-/m0/s1. The Morgan fingerprint density at radius 3 is 2.00 bits per heavy atom. The van der Waals surface area contributed by atoms with Crippen LogP contribution in [0, 0.1) is 21.7 Å². The highest BCUT2D eigenvalue weighted by atomic mass is 16.6. The molecule has 2 fully saturated rings. The van der Waals surface area contributed by atoms with Crippen LogP contribution in [0.5, 0.6) is 0 Å². The first-order valence-corrected chi connectivity index (χ1v) is 15.7. The number of benzene rings is 1. The van der Waals surface area contributed by atoms with E-state index >= 15 is 0 Å². The van der Waals surface area contributed by atoms with Gasteiger partial charge in [0.2, 0.25) is 0 Å². The number of ketones is 1. The van der Waals surface area contributed by atoms with Crippen molar-refractivity contribution in [3.8, 4) is 0 Å². The van der Waals surface area contributed by atoms with Crippen LogP contribution in [-0.2, 0) is 42.9 Å². The SMILES string of the molecule is C=C1[C@@H](OC(=O)/C=C/c2ccccc2)CC[C@@]2(C)[C@@H](OC(C)=O)[C@H](OC(C)=O)C3=C(C)C(=O)C[C@@](C)([C@@H](OC(C)=O)[C@]12C)C3(C)C. The summed E-state index contributed by atoms with van der Waals surface area (Å²) in [4.78, 5) is 65.5. The van der Waals surface area contributed by atoms with E-state index in [1.54, 1.807) is 13.0 Å². The molecule has 0 N–H and O–H groups in total. The van der Waals surface area contributed by atoms with E-state index in [1.165, 1.54) is 26.8 Å². The molecule has 3 aliphatic rings. The zero-order valence-electron chi connectivity index (χ0n) is 28.4. The van der Waals surface area contributed by atoms with Crippen LogP contribution in [0.15, 0.2) is 59.7 Å². The van der Waals surface area contributed by atoms with E-state index in [-0.39, 0.29) is 12.2 Å². The summed E-state index contributed by atoms with van der Waals surface area (Å²) in [6, 6.07) is 9.33. The topological polar surface area (TPSA) is 122 Å². The van der Waals surface area contributed by atoms with E-state index in [2.05, 4.69) is 6.58 Å². The molecule has 3 aliphatic carbocycles. The minimum atomic E-state index is -1.26. The molecule has 0 amide bonds. The number of esters is 4. The van der Waals surface area contributed by atoms with Crippen molar-refractivity contribution in [2.24, 2.45) is 21.7 Å². The van der Waals surface area contributed by atoms with Gasteiger partial charge in [0, 0.05) is 49.5 Å². The number of Topliss-reactive ketones (excluding diaryl/α,β-unsaturated/α-hetero) is 1. The zero-order valence-corrected chi connectivity index (χ0v) is 28.4. The van der Waals surface area contributed by atoms with Crippen LogP contribution in [0.1, 0.15) is 87.1 Å². The summed E-state index contributed by atoms with van der Waals surface area (Å²) >= 11 is 0. The van der Waals surface area contributed by atoms with Gasteiger partial charge in [-0.3, -0.25) is 19.2 Å². The lowest BCUT2D eigenvalue weighted by molar-refractivity contribution is -0.238. The van der Waals surface area contributed by atoms with Crippen molar-refractivity contribution in [3.05, 3.63) is 65.3 Å². The fourth-order valence-corrected chi connectivity index (χ4v) is 8.32. The van der Waals surface area contributed by atoms with Crippen molar-refractivity contribution in [1.29, 1.82) is 0 Å². The first-order valence-electron chi connectivity index (χ1n) is 15.7. The largest absolute Gasteiger partial charge is 0.461 e. The number of carbonyl (C=O) groups excluding carboxylic acids is 5. The molecule has 0 aromatic heterocycles. The molecule has 9 nitrogen and oxygen atoms in total. The Morgan fingerprint density at radius 1 is 0.848 bits per heavy atom. The summed E-state index contributed by atoms with van der Waals surface area (Å²) in [5.41, 5.74) is -2.09. The highest BCUT2D eigenvalue weighted by Gasteiger charge is 2.72.